The second kappa shape index (κ2) is 11.5. The first-order valence-corrected chi connectivity index (χ1v) is 17.1. The number of nitrogens with zero attached hydrogens (tertiary/aromatic N) is 1. The Hall–Kier alpha value is -6.64. The Bertz CT molecular complexity index is 2870. The van der Waals surface area contributed by atoms with Crippen LogP contribution in [-0.4, -0.2) is 0 Å². The van der Waals surface area contributed by atoms with Crippen LogP contribution in [0.1, 0.15) is 0 Å². The molecule has 9 aromatic carbocycles. The summed E-state index contributed by atoms with van der Waals surface area (Å²) in [7, 11) is 0. The molecule has 0 N–H and O–H groups in total. The van der Waals surface area contributed by atoms with Crippen LogP contribution in [-0.2, 0) is 0 Å². The molecule has 0 unspecified atom stereocenters. The summed E-state index contributed by atoms with van der Waals surface area (Å²) in [6, 6.07) is 67.5. The van der Waals surface area contributed by atoms with Gasteiger partial charge in [0.25, 0.3) is 0 Å². The Morgan fingerprint density at radius 3 is 1.70 bits per heavy atom. The topological polar surface area (TPSA) is 16.4 Å². The monoisotopic (exact) mass is 637 g/mol. The van der Waals surface area contributed by atoms with E-state index in [0.717, 1.165) is 44.6 Å². The zero-order valence-corrected chi connectivity index (χ0v) is 27.3. The lowest BCUT2D eigenvalue weighted by atomic mass is 9.96. The van der Waals surface area contributed by atoms with E-state index in [9.17, 15) is 0 Å². The Balaban J connectivity index is 1.20. The molecule has 0 saturated carbocycles. The molecule has 50 heavy (non-hydrogen) atoms. The van der Waals surface area contributed by atoms with Crippen molar-refractivity contribution in [1.82, 2.24) is 0 Å². The van der Waals surface area contributed by atoms with Crippen LogP contribution in [0.2, 0.25) is 0 Å². The largest absolute Gasteiger partial charge is 0.454 e. The van der Waals surface area contributed by atoms with Gasteiger partial charge in [-0.25, -0.2) is 0 Å². The van der Waals surface area contributed by atoms with Crippen molar-refractivity contribution in [2.24, 2.45) is 0 Å². The lowest BCUT2D eigenvalue weighted by Crippen LogP contribution is -2.11. The molecule has 2 heteroatoms. The highest BCUT2D eigenvalue weighted by Crippen LogP contribution is 2.47. The van der Waals surface area contributed by atoms with Gasteiger partial charge >= 0.3 is 0 Å². The van der Waals surface area contributed by atoms with Crippen LogP contribution in [0.3, 0.4) is 0 Å². The predicted octanol–water partition coefficient (Wildman–Crippen LogP) is 13.8. The van der Waals surface area contributed by atoms with E-state index in [1.54, 1.807) is 0 Å². The Labute approximate surface area is 290 Å². The quantitative estimate of drug-likeness (QED) is 0.187. The minimum absolute atomic E-state index is 0.864. The summed E-state index contributed by atoms with van der Waals surface area (Å²) >= 11 is 0. The summed E-state index contributed by atoms with van der Waals surface area (Å²) in [6.45, 7) is 0. The molecule has 0 aliphatic rings. The van der Waals surface area contributed by atoms with E-state index >= 15 is 0 Å². The van der Waals surface area contributed by atoms with E-state index in [1.807, 2.05) is 6.07 Å². The van der Waals surface area contributed by atoms with Gasteiger partial charge in [0, 0.05) is 21.8 Å². The molecule has 2 nitrogen and oxygen atoms in total. The van der Waals surface area contributed by atoms with E-state index in [2.05, 4.69) is 187 Å². The maximum atomic E-state index is 6.86. The highest BCUT2D eigenvalue weighted by Gasteiger charge is 2.23. The third-order valence-electron chi connectivity index (χ3n) is 10.0. The van der Waals surface area contributed by atoms with Crippen molar-refractivity contribution in [2.75, 3.05) is 4.90 Å². The van der Waals surface area contributed by atoms with E-state index in [0.29, 0.717) is 0 Å². The van der Waals surface area contributed by atoms with Crippen molar-refractivity contribution in [3.8, 4) is 22.3 Å². The first-order valence-electron chi connectivity index (χ1n) is 17.1. The fraction of sp³-hybridized carbons (Fsp3) is 0. The minimum atomic E-state index is 0.864. The summed E-state index contributed by atoms with van der Waals surface area (Å²) in [4.78, 5) is 2.36. The molecular weight excluding hydrogens is 607 g/mol. The number of para-hydroxylation sites is 1. The van der Waals surface area contributed by atoms with Crippen molar-refractivity contribution in [3.05, 3.63) is 188 Å². The number of hydrogen-bond donors (Lipinski definition) is 0. The summed E-state index contributed by atoms with van der Waals surface area (Å²) in [5, 5.41) is 9.54. The first kappa shape index (κ1) is 28.4. The molecule has 0 radical (unpaired) electrons. The van der Waals surface area contributed by atoms with Crippen molar-refractivity contribution >= 4 is 71.3 Å². The van der Waals surface area contributed by atoms with E-state index in [4.69, 9.17) is 4.42 Å². The van der Waals surface area contributed by atoms with Gasteiger partial charge in [0.15, 0.2) is 5.58 Å². The van der Waals surface area contributed by atoms with Crippen molar-refractivity contribution in [1.29, 1.82) is 0 Å². The van der Waals surface area contributed by atoms with Crippen molar-refractivity contribution < 1.29 is 4.42 Å². The summed E-state index contributed by atoms with van der Waals surface area (Å²) in [6.07, 6.45) is 0. The van der Waals surface area contributed by atoms with Crippen LogP contribution in [0.4, 0.5) is 17.1 Å². The number of benzene rings is 9. The van der Waals surface area contributed by atoms with Crippen molar-refractivity contribution in [3.63, 3.8) is 0 Å². The molecule has 10 rings (SSSR count). The van der Waals surface area contributed by atoms with Crippen LogP contribution in [0.15, 0.2) is 192 Å². The third kappa shape index (κ3) is 4.65. The highest BCUT2D eigenvalue weighted by atomic mass is 16.3. The fourth-order valence-corrected chi connectivity index (χ4v) is 7.57. The molecule has 0 aliphatic carbocycles. The molecule has 0 aliphatic heterocycles. The van der Waals surface area contributed by atoms with Crippen molar-refractivity contribution in [2.45, 2.75) is 0 Å². The van der Waals surface area contributed by atoms with Gasteiger partial charge in [-0.05, 0) is 91.6 Å². The Kier molecular flexibility index (Phi) is 6.53. The second-order valence-corrected chi connectivity index (χ2v) is 12.9. The van der Waals surface area contributed by atoms with E-state index in [-0.39, 0.29) is 0 Å². The summed E-state index contributed by atoms with van der Waals surface area (Å²) in [5.41, 5.74) is 9.60. The van der Waals surface area contributed by atoms with Crippen LogP contribution < -0.4 is 4.90 Å². The Morgan fingerprint density at radius 1 is 0.360 bits per heavy atom. The average Bonchev–Trinajstić information content (AvgIpc) is 3.58. The van der Waals surface area contributed by atoms with Gasteiger partial charge in [0.05, 0.1) is 11.4 Å². The fourth-order valence-electron chi connectivity index (χ4n) is 7.57. The van der Waals surface area contributed by atoms with Gasteiger partial charge in [0.2, 0.25) is 0 Å². The number of hydrogen-bond acceptors (Lipinski definition) is 2. The number of furan rings is 1. The zero-order chi connectivity index (χ0) is 33.0. The lowest BCUT2D eigenvalue weighted by molar-refractivity contribution is 0.669. The van der Waals surface area contributed by atoms with Gasteiger partial charge in [-0.1, -0.05) is 146 Å². The summed E-state index contributed by atoms with van der Waals surface area (Å²) in [5.74, 6) is 0. The lowest BCUT2D eigenvalue weighted by Gasteiger charge is -2.27. The van der Waals surface area contributed by atoms with Gasteiger partial charge in [0.1, 0.15) is 5.58 Å². The molecule has 1 aromatic heterocycles. The van der Waals surface area contributed by atoms with Gasteiger partial charge < -0.3 is 9.32 Å². The normalized spacial score (nSPS) is 11.6. The molecule has 0 fully saturated rings. The maximum Gasteiger partial charge on any atom is 0.160 e. The minimum Gasteiger partial charge on any atom is -0.454 e. The molecular formula is C48H31NO. The van der Waals surface area contributed by atoms with Crippen LogP contribution in [0, 0.1) is 0 Å². The van der Waals surface area contributed by atoms with E-state index in [1.165, 1.54) is 49.0 Å². The number of rotatable bonds is 5. The van der Waals surface area contributed by atoms with Gasteiger partial charge in [-0.15, -0.1) is 0 Å². The zero-order valence-electron chi connectivity index (χ0n) is 27.3. The SMILES string of the molecule is c1ccc2cc(-c3ccc(N(c4cccc5ccccc45)c4ccc(-c5ccc6ccccc6c5)c5c4oc4ccccc45)cc3)ccc2c1. The van der Waals surface area contributed by atoms with Gasteiger partial charge in [-0.3, -0.25) is 0 Å². The molecule has 0 amide bonds. The third-order valence-corrected chi connectivity index (χ3v) is 10.0. The molecule has 1 heterocycles. The maximum absolute atomic E-state index is 6.86. The second-order valence-electron chi connectivity index (χ2n) is 12.9. The molecule has 10 aromatic rings. The van der Waals surface area contributed by atoms with Crippen LogP contribution >= 0.6 is 0 Å². The van der Waals surface area contributed by atoms with Gasteiger partial charge in [-0.2, -0.15) is 0 Å². The number of fused-ring (bicyclic) bond motifs is 6. The highest BCUT2D eigenvalue weighted by molar-refractivity contribution is 6.17. The first-order chi connectivity index (χ1) is 24.8. The summed E-state index contributed by atoms with van der Waals surface area (Å²) < 4.78 is 6.86. The van der Waals surface area contributed by atoms with Crippen LogP contribution in [0.5, 0.6) is 0 Å². The molecule has 0 atom stereocenters. The standard InChI is InChI=1S/C48H31NO/c1-3-13-36-30-38(22-20-32(36)10-1)34-24-26-40(27-25-34)49(44-18-9-15-35-12-5-6-16-41(35)44)45-29-28-42(39-23-21-33-11-2-4-14-37(33)31-39)47-43-17-7-8-19-46(43)50-48(45)47/h1-31H. The van der Waals surface area contributed by atoms with E-state index < -0.39 is 0 Å². The molecule has 0 saturated heterocycles. The molecule has 234 valence electrons. The Morgan fingerprint density at radius 2 is 0.940 bits per heavy atom. The predicted molar refractivity (Wildman–Crippen MR) is 212 cm³/mol. The average molecular weight is 638 g/mol. The van der Waals surface area contributed by atoms with Crippen LogP contribution in [0.25, 0.3) is 76.5 Å². The number of anilines is 3. The molecule has 0 bridgehead atoms. The molecule has 0 spiro atoms. The smallest absolute Gasteiger partial charge is 0.160 e.